The average molecular weight is 244 g/mol. The second kappa shape index (κ2) is 5.40. The molecule has 2 rings (SSSR count). The highest BCUT2D eigenvalue weighted by molar-refractivity contribution is 5.92. The highest BCUT2D eigenvalue weighted by atomic mass is 16.3. The third-order valence-corrected chi connectivity index (χ3v) is 2.71. The van der Waals surface area contributed by atoms with Crippen molar-refractivity contribution in [2.75, 3.05) is 11.1 Å². The van der Waals surface area contributed by atoms with Crippen molar-refractivity contribution >= 4 is 17.3 Å². The lowest BCUT2D eigenvalue weighted by Gasteiger charge is -2.08. The lowest BCUT2D eigenvalue weighted by atomic mass is 10.1. The molecule has 0 radical (unpaired) electrons. The van der Waals surface area contributed by atoms with Crippen LogP contribution in [0.15, 0.2) is 41.0 Å². The topological polar surface area (TPSA) is 68.3 Å². The van der Waals surface area contributed by atoms with Crippen LogP contribution in [0.5, 0.6) is 0 Å². The molecular weight excluding hydrogens is 228 g/mol. The van der Waals surface area contributed by atoms with E-state index in [4.69, 9.17) is 10.2 Å². The molecule has 4 heteroatoms. The molecule has 1 amide bonds. The minimum Gasteiger partial charge on any atom is -0.469 e. The number of nitrogens with two attached hydrogens (primary N) is 1. The lowest BCUT2D eigenvalue weighted by molar-refractivity contribution is -0.116. The first-order chi connectivity index (χ1) is 8.65. The number of hydrogen-bond acceptors (Lipinski definition) is 3. The predicted molar refractivity (Wildman–Crippen MR) is 71.3 cm³/mol. The fourth-order valence-corrected chi connectivity index (χ4v) is 1.68. The quantitative estimate of drug-likeness (QED) is 0.812. The zero-order valence-electron chi connectivity index (χ0n) is 10.3. The molecule has 3 N–H and O–H groups in total. The Bertz CT molecular complexity index is 533. The molecule has 18 heavy (non-hydrogen) atoms. The smallest absolute Gasteiger partial charge is 0.224 e. The Hall–Kier alpha value is -2.23. The summed E-state index contributed by atoms with van der Waals surface area (Å²) in [7, 11) is 0. The second-order valence-electron chi connectivity index (χ2n) is 4.20. The van der Waals surface area contributed by atoms with Crippen molar-refractivity contribution in [2.24, 2.45) is 0 Å². The summed E-state index contributed by atoms with van der Waals surface area (Å²) in [6, 6.07) is 9.14. The molecule has 0 aliphatic heterocycles. The summed E-state index contributed by atoms with van der Waals surface area (Å²) in [6.45, 7) is 1.93. The molecule has 0 aliphatic rings. The van der Waals surface area contributed by atoms with Crippen molar-refractivity contribution in [3.63, 3.8) is 0 Å². The molecule has 4 nitrogen and oxygen atoms in total. The molecule has 94 valence electrons. The van der Waals surface area contributed by atoms with Gasteiger partial charge in [-0.15, -0.1) is 0 Å². The highest BCUT2D eigenvalue weighted by Gasteiger charge is 2.06. The summed E-state index contributed by atoms with van der Waals surface area (Å²) >= 11 is 0. The first-order valence-electron chi connectivity index (χ1n) is 5.83. The van der Waals surface area contributed by atoms with E-state index in [0.29, 0.717) is 18.5 Å². The van der Waals surface area contributed by atoms with Gasteiger partial charge in [0.15, 0.2) is 0 Å². The van der Waals surface area contributed by atoms with Gasteiger partial charge < -0.3 is 15.5 Å². The number of carbonyl (C=O) groups excluding carboxylic acids is 1. The number of anilines is 2. The number of hydrogen-bond donors (Lipinski definition) is 2. The average Bonchev–Trinajstić information content (AvgIpc) is 2.84. The van der Waals surface area contributed by atoms with Crippen molar-refractivity contribution in [1.82, 2.24) is 0 Å². The monoisotopic (exact) mass is 244 g/mol. The zero-order chi connectivity index (χ0) is 13.0. The third-order valence-electron chi connectivity index (χ3n) is 2.71. The molecule has 0 aliphatic carbocycles. The highest BCUT2D eigenvalue weighted by Crippen LogP contribution is 2.18. The Morgan fingerprint density at radius 1 is 1.39 bits per heavy atom. The van der Waals surface area contributed by atoms with Gasteiger partial charge in [0.2, 0.25) is 5.91 Å². The Balaban J connectivity index is 1.92. The molecule has 0 saturated carbocycles. The normalized spacial score (nSPS) is 10.3. The van der Waals surface area contributed by atoms with Gasteiger partial charge in [-0.2, -0.15) is 0 Å². The van der Waals surface area contributed by atoms with E-state index in [-0.39, 0.29) is 5.91 Å². The molecular formula is C14H16N2O2. The summed E-state index contributed by atoms with van der Waals surface area (Å²) in [5, 5.41) is 2.85. The minimum atomic E-state index is -0.0416. The van der Waals surface area contributed by atoms with Gasteiger partial charge in [-0.3, -0.25) is 4.79 Å². The third kappa shape index (κ3) is 3.13. The summed E-state index contributed by atoms with van der Waals surface area (Å²) in [5.74, 6) is 0.773. The van der Waals surface area contributed by atoms with Crippen molar-refractivity contribution in [3.8, 4) is 0 Å². The number of nitrogens with one attached hydrogen (secondary N) is 1. The van der Waals surface area contributed by atoms with E-state index in [1.165, 1.54) is 0 Å². The van der Waals surface area contributed by atoms with Crippen molar-refractivity contribution in [3.05, 3.63) is 47.9 Å². The van der Waals surface area contributed by atoms with E-state index in [1.54, 1.807) is 12.3 Å². The summed E-state index contributed by atoms with van der Waals surface area (Å²) in [4.78, 5) is 11.8. The van der Waals surface area contributed by atoms with Crippen LogP contribution in [0.25, 0.3) is 0 Å². The molecule has 0 fully saturated rings. The fraction of sp³-hybridized carbons (Fsp3) is 0.214. The maximum absolute atomic E-state index is 11.8. The van der Waals surface area contributed by atoms with Crippen LogP contribution in [-0.2, 0) is 11.2 Å². The first kappa shape index (κ1) is 12.2. The van der Waals surface area contributed by atoms with E-state index in [1.807, 2.05) is 31.2 Å². The number of furan rings is 1. The van der Waals surface area contributed by atoms with Crippen LogP contribution in [-0.4, -0.2) is 5.91 Å². The van der Waals surface area contributed by atoms with Crippen LogP contribution in [0, 0.1) is 6.92 Å². The van der Waals surface area contributed by atoms with Crippen LogP contribution in [0.1, 0.15) is 17.7 Å². The van der Waals surface area contributed by atoms with Crippen molar-refractivity contribution in [1.29, 1.82) is 0 Å². The Kier molecular flexibility index (Phi) is 3.67. The van der Waals surface area contributed by atoms with Gasteiger partial charge in [-0.25, -0.2) is 0 Å². The maximum Gasteiger partial charge on any atom is 0.224 e. The van der Waals surface area contributed by atoms with Crippen LogP contribution in [0.3, 0.4) is 0 Å². The molecule has 0 atom stereocenters. The van der Waals surface area contributed by atoms with E-state index in [2.05, 4.69) is 5.32 Å². The summed E-state index contributed by atoms with van der Waals surface area (Å²) < 4.78 is 5.18. The number of benzene rings is 1. The first-order valence-corrected chi connectivity index (χ1v) is 5.83. The van der Waals surface area contributed by atoms with Crippen LogP contribution < -0.4 is 11.1 Å². The van der Waals surface area contributed by atoms with E-state index in [9.17, 15) is 4.79 Å². The molecule has 2 aromatic rings. The summed E-state index contributed by atoms with van der Waals surface area (Å²) in [5.41, 5.74) is 8.09. The molecule has 0 spiro atoms. The van der Waals surface area contributed by atoms with Gasteiger partial charge in [-0.05, 0) is 36.8 Å². The number of aryl methyl sites for hydroxylation is 2. The van der Waals surface area contributed by atoms with Crippen molar-refractivity contribution < 1.29 is 9.21 Å². The van der Waals surface area contributed by atoms with Crippen molar-refractivity contribution in [2.45, 2.75) is 19.8 Å². The van der Waals surface area contributed by atoms with Gasteiger partial charge in [0.25, 0.3) is 0 Å². The number of carbonyl (C=O) groups is 1. The number of nitrogen functional groups attached to an aromatic ring is 1. The Morgan fingerprint density at radius 3 is 2.94 bits per heavy atom. The standard InChI is InChI=1S/C14H16N2O2/c1-10-4-5-11(15)9-13(10)16-14(17)7-6-12-3-2-8-18-12/h2-5,8-9H,6-7,15H2,1H3,(H,16,17). The van der Waals surface area contributed by atoms with Gasteiger partial charge >= 0.3 is 0 Å². The van der Waals surface area contributed by atoms with E-state index < -0.39 is 0 Å². The Labute approximate surface area is 106 Å². The predicted octanol–water partition coefficient (Wildman–Crippen LogP) is 2.74. The van der Waals surface area contributed by atoms with E-state index >= 15 is 0 Å². The molecule has 1 aromatic carbocycles. The summed E-state index contributed by atoms with van der Waals surface area (Å²) in [6.07, 6.45) is 2.59. The van der Waals surface area contributed by atoms with E-state index in [0.717, 1.165) is 17.0 Å². The largest absolute Gasteiger partial charge is 0.469 e. The molecule has 0 unspecified atom stereocenters. The van der Waals surface area contributed by atoms with Gasteiger partial charge in [0.05, 0.1) is 6.26 Å². The minimum absolute atomic E-state index is 0.0416. The molecule has 0 bridgehead atoms. The second-order valence-corrected chi connectivity index (χ2v) is 4.20. The lowest BCUT2D eigenvalue weighted by Crippen LogP contribution is -2.13. The SMILES string of the molecule is Cc1ccc(N)cc1NC(=O)CCc1ccco1. The van der Waals surface area contributed by atoms with Crippen LogP contribution >= 0.6 is 0 Å². The van der Waals surface area contributed by atoms with Gasteiger partial charge in [0.1, 0.15) is 5.76 Å². The number of amides is 1. The zero-order valence-corrected chi connectivity index (χ0v) is 10.3. The maximum atomic E-state index is 11.8. The van der Waals surface area contributed by atoms with Gasteiger partial charge in [-0.1, -0.05) is 6.07 Å². The fourth-order valence-electron chi connectivity index (χ4n) is 1.68. The van der Waals surface area contributed by atoms with Crippen LogP contribution in [0.4, 0.5) is 11.4 Å². The number of rotatable bonds is 4. The Morgan fingerprint density at radius 2 is 2.22 bits per heavy atom. The molecule has 1 aromatic heterocycles. The molecule has 0 saturated heterocycles. The van der Waals surface area contributed by atoms with Crippen LogP contribution in [0.2, 0.25) is 0 Å². The van der Waals surface area contributed by atoms with Gasteiger partial charge in [0, 0.05) is 24.2 Å². The molecule has 1 heterocycles.